The number of nitrogens with zero attached hydrogens (tertiary/aromatic N) is 4. The molecule has 4 rings (SSSR count). The predicted octanol–water partition coefficient (Wildman–Crippen LogP) is 5.65. The highest BCUT2D eigenvalue weighted by molar-refractivity contribution is 5.94. The molecule has 194 valence electrons. The average Bonchev–Trinajstić information content (AvgIpc) is 3.26. The fraction of sp³-hybridized carbons (Fsp3) is 0.387. The fourth-order valence-corrected chi connectivity index (χ4v) is 4.96. The van der Waals surface area contributed by atoms with Crippen molar-refractivity contribution in [1.82, 2.24) is 24.6 Å². The third-order valence-electron chi connectivity index (χ3n) is 6.87. The molecule has 0 saturated carbocycles. The van der Waals surface area contributed by atoms with Gasteiger partial charge in [0, 0.05) is 50.2 Å². The normalized spacial score (nSPS) is 11.2. The average molecular weight is 498 g/mol. The summed E-state index contributed by atoms with van der Waals surface area (Å²) in [5.74, 6) is 0.0619. The van der Waals surface area contributed by atoms with Crippen molar-refractivity contribution in [2.24, 2.45) is 0 Å². The van der Waals surface area contributed by atoms with Crippen molar-refractivity contribution in [1.29, 1.82) is 0 Å². The molecule has 37 heavy (non-hydrogen) atoms. The van der Waals surface area contributed by atoms with E-state index in [9.17, 15) is 4.79 Å². The van der Waals surface area contributed by atoms with Gasteiger partial charge >= 0.3 is 0 Å². The fourth-order valence-electron chi connectivity index (χ4n) is 4.96. The van der Waals surface area contributed by atoms with Crippen molar-refractivity contribution < 1.29 is 4.79 Å². The molecule has 0 atom stereocenters. The molecule has 0 radical (unpaired) electrons. The molecule has 6 heteroatoms. The molecular formula is C31H39N5O. The molecule has 3 heterocycles. The molecule has 0 unspecified atom stereocenters. The Labute approximate surface area is 220 Å². The number of carbonyl (C=O) groups excluding carboxylic acids is 1. The first-order chi connectivity index (χ1) is 18.0. The smallest absolute Gasteiger partial charge is 0.255 e. The number of rotatable bonds is 12. The Morgan fingerprint density at radius 1 is 0.919 bits per heavy atom. The molecule has 0 aliphatic heterocycles. The van der Waals surface area contributed by atoms with Crippen molar-refractivity contribution >= 4 is 11.6 Å². The number of hydrogen-bond donors (Lipinski definition) is 1. The molecule has 1 aromatic carbocycles. The van der Waals surface area contributed by atoms with Gasteiger partial charge in [0.15, 0.2) is 0 Å². The van der Waals surface area contributed by atoms with E-state index in [0.29, 0.717) is 18.7 Å². The first-order valence-corrected chi connectivity index (χ1v) is 13.5. The number of amides is 1. The van der Waals surface area contributed by atoms with Gasteiger partial charge in [0.05, 0.1) is 17.0 Å². The lowest BCUT2D eigenvalue weighted by Gasteiger charge is -2.18. The van der Waals surface area contributed by atoms with Crippen LogP contribution in [0.15, 0.2) is 61.1 Å². The van der Waals surface area contributed by atoms with Gasteiger partial charge in [-0.05, 0) is 95.5 Å². The number of aromatic nitrogens is 3. The van der Waals surface area contributed by atoms with Crippen molar-refractivity contribution in [2.45, 2.75) is 53.4 Å². The van der Waals surface area contributed by atoms with Gasteiger partial charge in [0.25, 0.3) is 5.91 Å². The van der Waals surface area contributed by atoms with Crippen molar-refractivity contribution in [3.8, 4) is 11.3 Å². The molecule has 1 amide bonds. The highest BCUT2D eigenvalue weighted by atomic mass is 16.2. The number of unbranched alkanes of at least 4 members (excludes halogenated alkanes) is 1. The van der Waals surface area contributed by atoms with Crippen LogP contribution in [0.1, 0.15) is 59.4 Å². The monoisotopic (exact) mass is 497 g/mol. The summed E-state index contributed by atoms with van der Waals surface area (Å²) < 4.78 is 2.12. The highest BCUT2D eigenvalue weighted by Gasteiger charge is 2.18. The summed E-state index contributed by atoms with van der Waals surface area (Å²) in [5.41, 5.74) is 8.63. The zero-order valence-electron chi connectivity index (χ0n) is 22.6. The Hall–Kier alpha value is -3.51. The van der Waals surface area contributed by atoms with Crippen molar-refractivity contribution in [3.63, 3.8) is 0 Å². The third kappa shape index (κ3) is 6.63. The molecule has 0 spiro atoms. The molecule has 0 fully saturated rings. The van der Waals surface area contributed by atoms with Gasteiger partial charge in [-0.15, -0.1) is 0 Å². The van der Waals surface area contributed by atoms with Crippen LogP contribution in [0.3, 0.4) is 0 Å². The van der Waals surface area contributed by atoms with E-state index in [2.05, 4.69) is 58.9 Å². The molecule has 0 saturated heterocycles. The van der Waals surface area contributed by atoms with Crippen molar-refractivity contribution in [3.05, 3.63) is 89.0 Å². The van der Waals surface area contributed by atoms with Gasteiger partial charge in [0.2, 0.25) is 0 Å². The molecular weight excluding hydrogens is 458 g/mol. The number of hydrogen-bond acceptors (Lipinski definition) is 4. The van der Waals surface area contributed by atoms with E-state index in [1.807, 2.05) is 49.5 Å². The van der Waals surface area contributed by atoms with E-state index in [4.69, 9.17) is 4.98 Å². The lowest BCUT2D eigenvalue weighted by atomic mass is 10.0. The number of aryl methyl sites for hydroxylation is 3. The summed E-state index contributed by atoms with van der Waals surface area (Å²) in [6.07, 6.45) is 9.88. The summed E-state index contributed by atoms with van der Waals surface area (Å²) >= 11 is 0. The van der Waals surface area contributed by atoms with E-state index in [1.165, 1.54) is 16.7 Å². The molecule has 6 nitrogen and oxygen atoms in total. The quantitative estimate of drug-likeness (QED) is 0.257. The second kappa shape index (κ2) is 12.6. The molecule has 3 aromatic heterocycles. The maximum atomic E-state index is 13.1. The van der Waals surface area contributed by atoms with Gasteiger partial charge in [-0.1, -0.05) is 17.2 Å². The second-order valence-electron chi connectivity index (χ2n) is 9.72. The van der Waals surface area contributed by atoms with Crippen LogP contribution in [0.25, 0.3) is 16.9 Å². The van der Waals surface area contributed by atoms with Crippen LogP contribution in [-0.2, 0) is 12.8 Å². The molecule has 4 aromatic rings. The van der Waals surface area contributed by atoms with Crippen LogP contribution in [0, 0.1) is 13.8 Å². The lowest BCUT2D eigenvalue weighted by Crippen LogP contribution is -2.30. The molecule has 0 bridgehead atoms. The number of nitrogens with one attached hydrogen (secondary N) is 1. The largest absolute Gasteiger partial charge is 0.339 e. The minimum Gasteiger partial charge on any atom is -0.339 e. The highest BCUT2D eigenvalue weighted by Crippen LogP contribution is 2.27. The zero-order valence-corrected chi connectivity index (χ0v) is 22.6. The minimum atomic E-state index is 0.0619. The predicted molar refractivity (Wildman–Crippen MR) is 151 cm³/mol. The first kappa shape index (κ1) is 26.6. The third-order valence-corrected chi connectivity index (χ3v) is 6.87. The molecule has 0 aliphatic rings. The topological polar surface area (TPSA) is 62.5 Å². The van der Waals surface area contributed by atoms with Crippen LogP contribution >= 0.6 is 0 Å². The van der Waals surface area contributed by atoms with Crippen LogP contribution < -0.4 is 5.32 Å². The van der Waals surface area contributed by atoms with Crippen LogP contribution in [0.2, 0.25) is 0 Å². The Morgan fingerprint density at radius 2 is 1.65 bits per heavy atom. The summed E-state index contributed by atoms with van der Waals surface area (Å²) in [7, 11) is 0. The molecule has 0 aliphatic carbocycles. The van der Waals surface area contributed by atoms with E-state index in [0.717, 1.165) is 61.4 Å². The maximum Gasteiger partial charge on any atom is 0.255 e. The summed E-state index contributed by atoms with van der Waals surface area (Å²) in [6.45, 7) is 11.5. The van der Waals surface area contributed by atoms with Crippen LogP contribution in [0.4, 0.5) is 0 Å². The number of benzene rings is 1. The van der Waals surface area contributed by atoms with Crippen molar-refractivity contribution in [2.75, 3.05) is 26.2 Å². The summed E-state index contributed by atoms with van der Waals surface area (Å²) in [4.78, 5) is 24.0. The maximum absolute atomic E-state index is 13.1. The molecule has 1 N–H and O–H groups in total. The minimum absolute atomic E-state index is 0.0619. The van der Waals surface area contributed by atoms with Crippen LogP contribution in [0.5, 0.6) is 0 Å². The SMILES string of the molecule is CCN(CC)C(=O)c1ccc2nc(-c3cc(C)cc(C)c3)c(CCNCCCCc3ccncc3)n2c1. The van der Waals surface area contributed by atoms with Gasteiger partial charge < -0.3 is 14.6 Å². The summed E-state index contributed by atoms with van der Waals surface area (Å²) in [5, 5.41) is 3.62. The van der Waals surface area contributed by atoms with E-state index in [1.54, 1.807) is 0 Å². The van der Waals surface area contributed by atoms with Gasteiger partial charge in [-0.2, -0.15) is 0 Å². The van der Waals surface area contributed by atoms with Gasteiger partial charge in [-0.3, -0.25) is 9.78 Å². The zero-order chi connectivity index (χ0) is 26.2. The number of carbonyl (C=O) groups is 1. The van der Waals surface area contributed by atoms with Crippen LogP contribution in [-0.4, -0.2) is 51.4 Å². The van der Waals surface area contributed by atoms with E-state index >= 15 is 0 Å². The number of pyridine rings is 2. The number of imidazole rings is 1. The summed E-state index contributed by atoms with van der Waals surface area (Å²) in [6, 6.07) is 14.6. The van der Waals surface area contributed by atoms with Gasteiger partial charge in [-0.25, -0.2) is 4.98 Å². The second-order valence-corrected chi connectivity index (χ2v) is 9.72. The Bertz CT molecular complexity index is 1300. The Morgan fingerprint density at radius 3 is 2.35 bits per heavy atom. The Kier molecular flexibility index (Phi) is 9.07. The lowest BCUT2D eigenvalue weighted by molar-refractivity contribution is 0.0772. The van der Waals surface area contributed by atoms with Gasteiger partial charge in [0.1, 0.15) is 5.65 Å². The Balaban J connectivity index is 1.52. The first-order valence-electron chi connectivity index (χ1n) is 13.5. The number of fused-ring (bicyclic) bond motifs is 1. The van der Waals surface area contributed by atoms with E-state index in [-0.39, 0.29) is 5.91 Å². The van der Waals surface area contributed by atoms with E-state index < -0.39 is 0 Å². The standard InChI is InChI=1S/C31H39N5O/c1-5-35(6-2)31(37)26-10-11-29-34-30(27-20-23(3)19-24(4)21-27)28(36(29)22-26)14-18-32-15-8-7-9-25-12-16-33-17-13-25/h10-13,16-17,19-22,32H,5-9,14-15,18H2,1-4H3.